The lowest BCUT2D eigenvalue weighted by atomic mass is 10.0. The van der Waals surface area contributed by atoms with Gasteiger partial charge in [0.25, 0.3) is 0 Å². The van der Waals surface area contributed by atoms with Gasteiger partial charge >= 0.3 is 5.97 Å². The molecule has 2 N–H and O–H groups in total. The maximum Gasteiger partial charge on any atom is 0.303 e. The molecule has 4 heteroatoms. The molecule has 18 heavy (non-hydrogen) atoms. The normalized spacial score (nSPS) is 26.1. The van der Waals surface area contributed by atoms with Crippen molar-refractivity contribution >= 4 is 11.9 Å². The predicted molar refractivity (Wildman–Crippen MR) is 70.2 cm³/mol. The van der Waals surface area contributed by atoms with Crippen LogP contribution in [0.2, 0.25) is 0 Å². The highest BCUT2D eigenvalue weighted by Gasteiger charge is 2.19. The molecule has 1 fully saturated rings. The van der Waals surface area contributed by atoms with Crippen LogP contribution in [0, 0.1) is 11.8 Å². The maximum absolute atomic E-state index is 11.8. The van der Waals surface area contributed by atoms with E-state index in [1.807, 2.05) is 6.92 Å². The first-order valence-corrected chi connectivity index (χ1v) is 6.98. The fourth-order valence-electron chi connectivity index (χ4n) is 2.60. The molecule has 1 aliphatic carbocycles. The van der Waals surface area contributed by atoms with E-state index in [1.165, 1.54) is 19.3 Å². The highest BCUT2D eigenvalue weighted by molar-refractivity contribution is 5.77. The number of carboxylic acids is 1. The van der Waals surface area contributed by atoms with Gasteiger partial charge in [0.2, 0.25) is 5.91 Å². The molecule has 1 amide bonds. The van der Waals surface area contributed by atoms with Crippen LogP contribution in [0.5, 0.6) is 0 Å². The first-order valence-electron chi connectivity index (χ1n) is 6.98. The smallest absolute Gasteiger partial charge is 0.303 e. The molecule has 0 aromatic rings. The highest BCUT2D eigenvalue weighted by Crippen LogP contribution is 2.22. The molecule has 4 nitrogen and oxygen atoms in total. The van der Waals surface area contributed by atoms with Gasteiger partial charge in [0.15, 0.2) is 0 Å². The molecule has 0 aromatic heterocycles. The van der Waals surface area contributed by atoms with Crippen molar-refractivity contribution in [1.82, 2.24) is 5.32 Å². The molecule has 0 bridgehead atoms. The zero-order valence-electron chi connectivity index (χ0n) is 11.4. The Kier molecular flexibility index (Phi) is 6.16. The van der Waals surface area contributed by atoms with E-state index in [2.05, 4.69) is 12.2 Å². The molecular formula is C14H25NO3. The Morgan fingerprint density at radius 2 is 1.94 bits per heavy atom. The fourth-order valence-corrected chi connectivity index (χ4v) is 2.60. The molecular weight excluding hydrogens is 230 g/mol. The van der Waals surface area contributed by atoms with Crippen LogP contribution >= 0.6 is 0 Å². The van der Waals surface area contributed by atoms with Crippen LogP contribution in [0.25, 0.3) is 0 Å². The molecule has 1 rings (SSSR count). The Labute approximate surface area is 109 Å². The third-order valence-electron chi connectivity index (χ3n) is 3.68. The second-order valence-electron chi connectivity index (χ2n) is 5.79. The molecule has 0 aromatic carbocycles. The average molecular weight is 255 g/mol. The number of rotatable bonds is 5. The molecule has 0 heterocycles. The van der Waals surface area contributed by atoms with Crippen LogP contribution in [-0.4, -0.2) is 23.0 Å². The number of hydrogen-bond donors (Lipinski definition) is 2. The minimum atomic E-state index is -0.835. The van der Waals surface area contributed by atoms with Crippen molar-refractivity contribution in [3.05, 3.63) is 0 Å². The molecule has 3 atom stereocenters. The molecule has 1 saturated carbocycles. The summed E-state index contributed by atoms with van der Waals surface area (Å²) in [4.78, 5) is 22.3. The van der Waals surface area contributed by atoms with Crippen molar-refractivity contribution < 1.29 is 14.7 Å². The van der Waals surface area contributed by atoms with Crippen molar-refractivity contribution in [2.45, 2.75) is 64.8 Å². The summed E-state index contributed by atoms with van der Waals surface area (Å²) in [6.07, 6.45) is 6.10. The predicted octanol–water partition coefficient (Wildman–Crippen LogP) is 2.57. The van der Waals surface area contributed by atoms with Gasteiger partial charge in [-0.25, -0.2) is 0 Å². The van der Waals surface area contributed by atoms with E-state index in [-0.39, 0.29) is 18.2 Å². The summed E-state index contributed by atoms with van der Waals surface area (Å²) >= 11 is 0. The van der Waals surface area contributed by atoms with Gasteiger partial charge in [-0.2, -0.15) is 0 Å². The van der Waals surface area contributed by atoms with Gasteiger partial charge in [0.05, 0.1) is 0 Å². The van der Waals surface area contributed by atoms with E-state index >= 15 is 0 Å². The van der Waals surface area contributed by atoms with Gasteiger partial charge in [-0.15, -0.1) is 0 Å². The van der Waals surface area contributed by atoms with Crippen LogP contribution < -0.4 is 5.32 Å². The van der Waals surface area contributed by atoms with E-state index in [4.69, 9.17) is 5.11 Å². The standard InChI is InChI=1S/C14H25NO3/c1-10-4-3-5-12(7-6-10)15-13(16)8-11(2)9-14(17)18/h10-12H,3-9H2,1-2H3,(H,15,16)(H,17,18). The molecule has 3 unspecified atom stereocenters. The zero-order chi connectivity index (χ0) is 13.5. The molecule has 0 aliphatic heterocycles. The van der Waals surface area contributed by atoms with Gasteiger partial charge in [-0.1, -0.05) is 26.7 Å². The van der Waals surface area contributed by atoms with Crippen molar-refractivity contribution in [2.75, 3.05) is 0 Å². The molecule has 0 spiro atoms. The second-order valence-corrected chi connectivity index (χ2v) is 5.79. The summed E-state index contributed by atoms with van der Waals surface area (Å²) in [5.74, 6) is -0.160. The van der Waals surface area contributed by atoms with Crippen LogP contribution in [-0.2, 0) is 9.59 Å². The van der Waals surface area contributed by atoms with E-state index < -0.39 is 5.97 Å². The van der Waals surface area contributed by atoms with E-state index in [1.54, 1.807) is 0 Å². The van der Waals surface area contributed by atoms with Crippen LogP contribution in [0.15, 0.2) is 0 Å². The quantitative estimate of drug-likeness (QED) is 0.742. The number of aliphatic carboxylic acids is 1. The van der Waals surface area contributed by atoms with Gasteiger partial charge in [0.1, 0.15) is 0 Å². The second kappa shape index (κ2) is 7.39. The summed E-state index contributed by atoms with van der Waals surface area (Å²) in [6, 6.07) is 0.291. The topological polar surface area (TPSA) is 66.4 Å². The maximum atomic E-state index is 11.8. The van der Waals surface area contributed by atoms with E-state index in [9.17, 15) is 9.59 Å². The van der Waals surface area contributed by atoms with Gasteiger partial charge < -0.3 is 10.4 Å². The average Bonchev–Trinajstić information content (AvgIpc) is 2.42. The largest absolute Gasteiger partial charge is 0.481 e. The lowest BCUT2D eigenvalue weighted by molar-refractivity contribution is -0.138. The van der Waals surface area contributed by atoms with Crippen molar-refractivity contribution in [1.29, 1.82) is 0 Å². The first-order chi connectivity index (χ1) is 8.47. The van der Waals surface area contributed by atoms with Gasteiger partial charge in [-0.05, 0) is 31.1 Å². The first kappa shape index (κ1) is 15.0. The van der Waals surface area contributed by atoms with Crippen molar-refractivity contribution in [2.24, 2.45) is 11.8 Å². The fraction of sp³-hybridized carbons (Fsp3) is 0.857. The minimum absolute atomic E-state index is 0.00306. The summed E-state index contributed by atoms with van der Waals surface area (Å²) in [7, 11) is 0. The lowest BCUT2D eigenvalue weighted by Crippen LogP contribution is -2.35. The number of nitrogens with one attached hydrogen (secondary N) is 1. The van der Waals surface area contributed by atoms with Crippen LogP contribution in [0.3, 0.4) is 0 Å². The number of carbonyl (C=O) groups excluding carboxylic acids is 1. The van der Waals surface area contributed by atoms with Crippen LogP contribution in [0.1, 0.15) is 58.8 Å². The summed E-state index contributed by atoms with van der Waals surface area (Å²) in [6.45, 7) is 4.07. The van der Waals surface area contributed by atoms with Crippen molar-refractivity contribution in [3.8, 4) is 0 Å². The van der Waals surface area contributed by atoms with Crippen molar-refractivity contribution in [3.63, 3.8) is 0 Å². The summed E-state index contributed by atoms with van der Waals surface area (Å²) in [5, 5.41) is 11.7. The third kappa shape index (κ3) is 6.03. The number of amides is 1. The molecule has 0 radical (unpaired) electrons. The number of carboxylic acid groups (broad SMARTS) is 1. The van der Waals surface area contributed by atoms with E-state index in [0.717, 1.165) is 18.8 Å². The SMILES string of the molecule is CC1CCCC(NC(=O)CC(C)CC(=O)O)CC1. The van der Waals surface area contributed by atoms with Gasteiger partial charge in [-0.3, -0.25) is 9.59 Å². The van der Waals surface area contributed by atoms with Crippen LogP contribution in [0.4, 0.5) is 0 Å². The molecule has 1 aliphatic rings. The Bertz CT molecular complexity index is 291. The molecule has 0 saturated heterocycles. The zero-order valence-corrected chi connectivity index (χ0v) is 11.4. The minimum Gasteiger partial charge on any atom is -0.481 e. The Balaban J connectivity index is 2.28. The Morgan fingerprint density at radius 1 is 1.22 bits per heavy atom. The monoisotopic (exact) mass is 255 g/mol. The highest BCUT2D eigenvalue weighted by atomic mass is 16.4. The number of carbonyl (C=O) groups is 2. The van der Waals surface area contributed by atoms with E-state index in [0.29, 0.717) is 12.5 Å². The lowest BCUT2D eigenvalue weighted by Gasteiger charge is -2.17. The summed E-state index contributed by atoms with van der Waals surface area (Å²) in [5.41, 5.74) is 0. The Morgan fingerprint density at radius 3 is 2.61 bits per heavy atom. The summed E-state index contributed by atoms with van der Waals surface area (Å²) < 4.78 is 0. The molecule has 104 valence electrons. The Hall–Kier alpha value is -1.06. The van der Waals surface area contributed by atoms with Gasteiger partial charge in [0, 0.05) is 18.9 Å². The number of hydrogen-bond acceptors (Lipinski definition) is 2. The third-order valence-corrected chi connectivity index (χ3v) is 3.68.